The molecule has 2 atom stereocenters. The Morgan fingerprint density at radius 1 is 1.62 bits per heavy atom. The fourth-order valence-electron chi connectivity index (χ4n) is 1.68. The van der Waals surface area contributed by atoms with Crippen LogP contribution < -0.4 is 11.1 Å². The molecule has 1 aliphatic heterocycles. The smallest absolute Gasteiger partial charge is 0.0510 e. The van der Waals surface area contributed by atoms with E-state index in [0.29, 0.717) is 18.5 Å². The second-order valence-corrected chi connectivity index (χ2v) is 3.50. The highest BCUT2D eigenvalue weighted by atomic mass is 16.5. The number of ether oxygens (including phenoxy) is 1. The maximum Gasteiger partial charge on any atom is 0.0510 e. The van der Waals surface area contributed by atoms with Crippen molar-refractivity contribution in [1.29, 1.82) is 0 Å². The lowest BCUT2D eigenvalue weighted by Gasteiger charge is -2.21. The molecular formula is C9H20N2O2. The van der Waals surface area contributed by atoms with Crippen molar-refractivity contribution in [2.24, 2.45) is 11.7 Å². The number of hydrogen-bond acceptors (Lipinski definition) is 4. The van der Waals surface area contributed by atoms with E-state index in [0.717, 1.165) is 32.6 Å². The van der Waals surface area contributed by atoms with Crippen molar-refractivity contribution in [2.45, 2.75) is 18.9 Å². The minimum absolute atomic E-state index is 0.242. The lowest BCUT2D eigenvalue weighted by molar-refractivity contribution is 0.176. The van der Waals surface area contributed by atoms with Gasteiger partial charge >= 0.3 is 0 Å². The van der Waals surface area contributed by atoms with Crippen LogP contribution in [0, 0.1) is 5.92 Å². The van der Waals surface area contributed by atoms with Crippen molar-refractivity contribution in [1.82, 2.24) is 5.32 Å². The molecule has 0 aliphatic carbocycles. The van der Waals surface area contributed by atoms with E-state index in [4.69, 9.17) is 15.6 Å². The minimum Gasteiger partial charge on any atom is -0.396 e. The fourth-order valence-corrected chi connectivity index (χ4v) is 1.68. The molecule has 78 valence electrons. The molecule has 0 aromatic carbocycles. The van der Waals surface area contributed by atoms with E-state index in [1.807, 2.05) is 0 Å². The lowest BCUT2D eigenvalue weighted by Crippen LogP contribution is -2.43. The zero-order valence-corrected chi connectivity index (χ0v) is 8.04. The summed E-state index contributed by atoms with van der Waals surface area (Å²) >= 11 is 0. The molecule has 4 nitrogen and oxygen atoms in total. The van der Waals surface area contributed by atoms with Crippen LogP contribution in [0.2, 0.25) is 0 Å². The number of aliphatic hydroxyl groups excluding tert-OH is 1. The predicted molar refractivity (Wildman–Crippen MR) is 51.5 cm³/mol. The number of nitrogens with one attached hydrogen (secondary N) is 1. The molecule has 1 aliphatic rings. The lowest BCUT2D eigenvalue weighted by atomic mass is 9.99. The van der Waals surface area contributed by atoms with Gasteiger partial charge in [-0.25, -0.2) is 0 Å². The summed E-state index contributed by atoms with van der Waals surface area (Å²) in [4.78, 5) is 0. The van der Waals surface area contributed by atoms with Crippen molar-refractivity contribution in [3.05, 3.63) is 0 Å². The molecule has 0 amide bonds. The molecule has 2 unspecified atom stereocenters. The highest BCUT2D eigenvalue weighted by molar-refractivity contribution is 4.79. The van der Waals surface area contributed by atoms with Gasteiger partial charge < -0.3 is 20.9 Å². The third-order valence-corrected chi connectivity index (χ3v) is 2.53. The first-order valence-corrected chi connectivity index (χ1v) is 5.00. The Balaban J connectivity index is 2.16. The Hall–Kier alpha value is -0.160. The van der Waals surface area contributed by atoms with E-state index in [2.05, 4.69) is 5.32 Å². The quantitative estimate of drug-likeness (QED) is 0.483. The van der Waals surface area contributed by atoms with Gasteiger partial charge in [0, 0.05) is 31.7 Å². The molecular weight excluding hydrogens is 168 g/mol. The van der Waals surface area contributed by atoms with Crippen LogP contribution in [0.1, 0.15) is 12.8 Å². The van der Waals surface area contributed by atoms with Crippen LogP contribution in [-0.4, -0.2) is 44.1 Å². The summed E-state index contributed by atoms with van der Waals surface area (Å²) in [7, 11) is 0. The van der Waals surface area contributed by atoms with Gasteiger partial charge in [-0.05, 0) is 19.4 Å². The largest absolute Gasteiger partial charge is 0.396 e. The average molecular weight is 188 g/mol. The zero-order chi connectivity index (χ0) is 9.52. The first-order chi connectivity index (χ1) is 6.38. The van der Waals surface area contributed by atoms with Crippen LogP contribution in [0.15, 0.2) is 0 Å². The van der Waals surface area contributed by atoms with E-state index in [9.17, 15) is 0 Å². The van der Waals surface area contributed by atoms with Crippen molar-refractivity contribution < 1.29 is 9.84 Å². The van der Waals surface area contributed by atoms with Crippen molar-refractivity contribution >= 4 is 0 Å². The van der Waals surface area contributed by atoms with Crippen LogP contribution in [0.25, 0.3) is 0 Å². The van der Waals surface area contributed by atoms with Crippen molar-refractivity contribution in [3.8, 4) is 0 Å². The zero-order valence-electron chi connectivity index (χ0n) is 8.04. The normalized spacial score (nSPS) is 24.9. The van der Waals surface area contributed by atoms with E-state index in [1.165, 1.54) is 0 Å². The number of hydrogen-bond donors (Lipinski definition) is 3. The molecule has 0 aromatic heterocycles. The van der Waals surface area contributed by atoms with Gasteiger partial charge in [0.05, 0.1) is 6.61 Å². The molecule has 0 aromatic rings. The molecule has 1 heterocycles. The van der Waals surface area contributed by atoms with Gasteiger partial charge in [0.1, 0.15) is 0 Å². The Bertz CT molecular complexity index is 127. The van der Waals surface area contributed by atoms with E-state index in [-0.39, 0.29) is 6.61 Å². The highest BCUT2D eigenvalue weighted by Gasteiger charge is 2.23. The Kier molecular flexibility index (Phi) is 5.31. The van der Waals surface area contributed by atoms with Crippen LogP contribution in [0.5, 0.6) is 0 Å². The third-order valence-electron chi connectivity index (χ3n) is 2.53. The molecule has 4 N–H and O–H groups in total. The average Bonchev–Trinajstić information content (AvgIpc) is 2.65. The molecule has 0 spiro atoms. The predicted octanol–water partition coefficient (Wildman–Crippen LogP) is -0.678. The summed E-state index contributed by atoms with van der Waals surface area (Å²) in [6.45, 7) is 3.43. The maximum atomic E-state index is 8.62. The van der Waals surface area contributed by atoms with E-state index < -0.39 is 0 Å². The van der Waals surface area contributed by atoms with Crippen LogP contribution in [-0.2, 0) is 4.74 Å². The van der Waals surface area contributed by atoms with Crippen LogP contribution >= 0.6 is 0 Å². The number of rotatable bonds is 6. The topological polar surface area (TPSA) is 67.5 Å². The summed E-state index contributed by atoms with van der Waals surface area (Å²) in [5.41, 5.74) is 5.65. The Morgan fingerprint density at radius 3 is 3.00 bits per heavy atom. The number of aliphatic hydroxyl groups is 1. The summed E-state index contributed by atoms with van der Waals surface area (Å²) in [6.07, 6.45) is 1.90. The van der Waals surface area contributed by atoms with Gasteiger partial charge in [0.25, 0.3) is 0 Å². The highest BCUT2D eigenvalue weighted by Crippen LogP contribution is 2.15. The van der Waals surface area contributed by atoms with Crippen molar-refractivity contribution in [2.75, 3.05) is 32.9 Å². The van der Waals surface area contributed by atoms with Gasteiger partial charge in [-0.2, -0.15) is 0 Å². The summed E-state index contributed by atoms with van der Waals surface area (Å²) in [5, 5.41) is 12.0. The molecule has 1 rings (SSSR count). The summed E-state index contributed by atoms with van der Waals surface area (Å²) in [6, 6.07) is 0.356. The van der Waals surface area contributed by atoms with Gasteiger partial charge in [-0.15, -0.1) is 0 Å². The Labute approximate surface area is 79.5 Å². The second kappa shape index (κ2) is 6.32. The SMILES string of the molecule is NCC(NCCCO)C1CCOC1. The third kappa shape index (κ3) is 3.60. The van der Waals surface area contributed by atoms with Crippen molar-refractivity contribution in [3.63, 3.8) is 0 Å². The first kappa shape index (κ1) is 10.9. The monoisotopic (exact) mass is 188 g/mol. The fraction of sp³-hybridized carbons (Fsp3) is 1.00. The second-order valence-electron chi connectivity index (χ2n) is 3.50. The van der Waals surface area contributed by atoms with Gasteiger partial charge in [0.2, 0.25) is 0 Å². The Morgan fingerprint density at radius 2 is 2.46 bits per heavy atom. The van der Waals surface area contributed by atoms with E-state index in [1.54, 1.807) is 0 Å². The minimum atomic E-state index is 0.242. The van der Waals surface area contributed by atoms with Gasteiger partial charge in [-0.3, -0.25) is 0 Å². The molecule has 0 saturated carbocycles. The summed E-state index contributed by atoms with van der Waals surface area (Å²) < 4.78 is 5.30. The number of nitrogens with two attached hydrogens (primary N) is 1. The maximum absolute atomic E-state index is 8.62. The molecule has 1 fully saturated rings. The van der Waals surface area contributed by atoms with Gasteiger partial charge in [0.15, 0.2) is 0 Å². The van der Waals surface area contributed by atoms with Gasteiger partial charge in [-0.1, -0.05) is 0 Å². The molecule has 0 radical (unpaired) electrons. The molecule has 0 bridgehead atoms. The molecule has 4 heteroatoms. The van der Waals surface area contributed by atoms with Crippen LogP contribution in [0.4, 0.5) is 0 Å². The summed E-state index contributed by atoms with van der Waals surface area (Å²) in [5.74, 6) is 0.559. The molecule has 13 heavy (non-hydrogen) atoms. The van der Waals surface area contributed by atoms with E-state index >= 15 is 0 Å². The standard InChI is InChI=1S/C9H20N2O2/c10-6-9(11-3-1-4-12)8-2-5-13-7-8/h8-9,11-12H,1-7,10H2. The van der Waals surface area contributed by atoms with Crippen LogP contribution in [0.3, 0.4) is 0 Å². The first-order valence-electron chi connectivity index (χ1n) is 5.00. The molecule has 1 saturated heterocycles.